The minimum absolute atomic E-state index is 0.168. The third-order valence-corrected chi connectivity index (χ3v) is 3.88. The van der Waals surface area contributed by atoms with Gasteiger partial charge in [-0.15, -0.1) is 0 Å². The number of carbonyl (C=O) groups is 3. The number of rotatable bonds is 5. The fraction of sp³-hybridized carbons (Fsp3) is 0.105. The minimum Gasteiger partial charge on any atom is -0.497 e. The van der Waals surface area contributed by atoms with Crippen molar-refractivity contribution in [2.45, 2.75) is 0 Å². The van der Waals surface area contributed by atoms with E-state index in [1.54, 1.807) is 43.5 Å². The number of nitrogens with one attached hydrogen (secondary N) is 2. The number of benzene rings is 2. The van der Waals surface area contributed by atoms with Crippen molar-refractivity contribution in [2.75, 3.05) is 19.5 Å². The standard InChI is InChI=1S/C19H16N2O5/c1-25-12-8-6-11(15(10-12)26-2)7-9-16(22)20-14-5-3-4-13-17(14)19(24)21-18(13)23/h3-10H,1-2H3,(H,20,22)(H,21,23,24)/b9-7+. The smallest absolute Gasteiger partial charge is 0.261 e. The van der Waals surface area contributed by atoms with Crippen LogP contribution in [-0.4, -0.2) is 31.9 Å². The molecule has 0 spiro atoms. The normalized spacial score (nSPS) is 12.7. The van der Waals surface area contributed by atoms with E-state index in [9.17, 15) is 14.4 Å². The Labute approximate surface area is 149 Å². The summed E-state index contributed by atoms with van der Waals surface area (Å²) in [5, 5.41) is 4.82. The van der Waals surface area contributed by atoms with Crippen molar-refractivity contribution in [3.63, 3.8) is 0 Å². The number of methoxy groups -OCH3 is 2. The second-order valence-corrected chi connectivity index (χ2v) is 5.44. The number of hydrogen-bond acceptors (Lipinski definition) is 5. The van der Waals surface area contributed by atoms with Gasteiger partial charge < -0.3 is 14.8 Å². The van der Waals surface area contributed by atoms with E-state index in [0.717, 1.165) is 0 Å². The van der Waals surface area contributed by atoms with Crippen LogP contribution >= 0.6 is 0 Å². The zero-order valence-corrected chi connectivity index (χ0v) is 14.2. The molecule has 7 nitrogen and oxygen atoms in total. The van der Waals surface area contributed by atoms with Gasteiger partial charge in [-0.1, -0.05) is 6.07 Å². The Bertz CT molecular complexity index is 934. The molecule has 132 valence electrons. The Morgan fingerprint density at radius 2 is 1.88 bits per heavy atom. The summed E-state index contributed by atoms with van der Waals surface area (Å²) in [7, 11) is 3.08. The summed E-state index contributed by atoms with van der Waals surface area (Å²) in [6, 6.07) is 9.91. The molecule has 2 aromatic carbocycles. The molecule has 0 unspecified atom stereocenters. The Morgan fingerprint density at radius 3 is 2.62 bits per heavy atom. The zero-order chi connectivity index (χ0) is 18.7. The summed E-state index contributed by atoms with van der Waals surface area (Å²) in [6.07, 6.45) is 2.90. The molecule has 0 aromatic heterocycles. The van der Waals surface area contributed by atoms with Crippen LogP contribution in [-0.2, 0) is 4.79 Å². The van der Waals surface area contributed by atoms with Crippen LogP contribution in [0.4, 0.5) is 5.69 Å². The van der Waals surface area contributed by atoms with Gasteiger partial charge in [0, 0.05) is 17.7 Å². The summed E-state index contributed by atoms with van der Waals surface area (Å²) < 4.78 is 10.4. The van der Waals surface area contributed by atoms with E-state index in [4.69, 9.17) is 9.47 Å². The summed E-state index contributed by atoms with van der Waals surface area (Å²) in [6.45, 7) is 0. The Hall–Kier alpha value is -3.61. The monoisotopic (exact) mass is 352 g/mol. The number of amides is 3. The average molecular weight is 352 g/mol. The van der Waals surface area contributed by atoms with E-state index in [0.29, 0.717) is 17.1 Å². The van der Waals surface area contributed by atoms with Crippen molar-refractivity contribution < 1.29 is 23.9 Å². The molecule has 1 aliphatic rings. The van der Waals surface area contributed by atoms with Crippen LogP contribution in [0.5, 0.6) is 11.5 Å². The summed E-state index contributed by atoms with van der Waals surface area (Å²) >= 11 is 0. The predicted molar refractivity (Wildman–Crippen MR) is 95.4 cm³/mol. The van der Waals surface area contributed by atoms with Crippen molar-refractivity contribution in [2.24, 2.45) is 0 Å². The lowest BCUT2D eigenvalue weighted by molar-refractivity contribution is -0.111. The van der Waals surface area contributed by atoms with E-state index >= 15 is 0 Å². The van der Waals surface area contributed by atoms with Crippen LogP contribution < -0.4 is 20.1 Å². The van der Waals surface area contributed by atoms with Crippen LogP contribution in [0.15, 0.2) is 42.5 Å². The second-order valence-electron chi connectivity index (χ2n) is 5.44. The molecule has 0 saturated carbocycles. The highest BCUT2D eigenvalue weighted by atomic mass is 16.5. The van der Waals surface area contributed by atoms with Crippen molar-refractivity contribution >= 4 is 29.5 Å². The molecule has 0 bridgehead atoms. The average Bonchev–Trinajstić information content (AvgIpc) is 2.94. The van der Waals surface area contributed by atoms with Gasteiger partial charge in [0.2, 0.25) is 5.91 Å². The molecular formula is C19H16N2O5. The number of hydrogen-bond donors (Lipinski definition) is 2. The van der Waals surface area contributed by atoms with Gasteiger partial charge in [0.25, 0.3) is 11.8 Å². The lowest BCUT2D eigenvalue weighted by Gasteiger charge is -2.08. The van der Waals surface area contributed by atoms with Crippen LogP contribution in [0.2, 0.25) is 0 Å². The molecule has 0 saturated heterocycles. The van der Waals surface area contributed by atoms with Gasteiger partial charge in [-0.2, -0.15) is 0 Å². The van der Waals surface area contributed by atoms with Crippen LogP contribution in [0.25, 0.3) is 6.08 Å². The van der Waals surface area contributed by atoms with Crippen LogP contribution in [0.1, 0.15) is 26.3 Å². The zero-order valence-electron chi connectivity index (χ0n) is 14.2. The number of ether oxygens (including phenoxy) is 2. The molecule has 1 aliphatic heterocycles. The first-order valence-corrected chi connectivity index (χ1v) is 7.73. The van der Waals surface area contributed by atoms with Gasteiger partial charge in [-0.3, -0.25) is 19.7 Å². The Kier molecular flexibility index (Phi) is 4.70. The first kappa shape index (κ1) is 17.2. The molecule has 3 rings (SSSR count). The highest BCUT2D eigenvalue weighted by molar-refractivity contribution is 6.24. The van der Waals surface area contributed by atoms with E-state index in [-0.39, 0.29) is 16.8 Å². The molecule has 0 atom stereocenters. The fourth-order valence-electron chi connectivity index (χ4n) is 2.62. The third-order valence-electron chi connectivity index (χ3n) is 3.88. The van der Waals surface area contributed by atoms with Crippen LogP contribution in [0.3, 0.4) is 0 Å². The summed E-state index contributed by atoms with van der Waals surface area (Å²) in [4.78, 5) is 35.8. The molecule has 0 aliphatic carbocycles. The first-order chi connectivity index (χ1) is 12.5. The van der Waals surface area contributed by atoms with Crippen molar-refractivity contribution in [3.05, 3.63) is 59.2 Å². The molecular weight excluding hydrogens is 336 g/mol. The van der Waals surface area contributed by atoms with E-state index in [1.165, 1.54) is 19.3 Å². The number of carbonyl (C=O) groups excluding carboxylic acids is 3. The molecule has 1 heterocycles. The van der Waals surface area contributed by atoms with Crippen molar-refractivity contribution in [3.8, 4) is 11.5 Å². The molecule has 7 heteroatoms. The van der Waals surface area contributed by atoms with Gasteiger partial charge >= 0.3 is 0 Å². The highest BCUT2D eigenvalue weighted by Crippen LogP contribution is 2.26. The SMILES string of the molecule is COc1ccc(/C=C/C(=O)Nc2cccc3c2C(=O)NC3=O)c(OC)c1. The van der Waals surface area contributed by atoms with Gasteiger partial charge in [0.15, 0.2) is 0 Å². The van der Waals surface area contributed by atoms with Crippen molar-refractivity contribution in [1.29, 1.82) is 0 Å². The molecule has 0 radical (unpaired) electrons. The molecule has 2 N–H and O–H groups in total. The molecule has 2 aromatic rings. The number of anilines is 1. The lowest BCUT2D eigenvalue weighted by atomic mass is 10.1. The van der Waals surface area contributed by atoms with E-state index in [2.05, 4.69) is 10.6 Å². The van der Waals surface area contributed by atoms with Gasteiger partial charge in [-0.25, -0.2) is 0 Å². The second kappa shape index (κ2) is 7.10. The number of imide groups is 1. The van der Waals surface area contributed by atoms with Crippen LogP contribution in [0, 0.1) is 0 Å². The minimum atomic E-state index is -0.526. The fourth-order valence-corrected chi connectivity index (χ4v) is 2.62. The summed E-state index contributed by atoms with van der Waals surface area (Å²) in [5.74, 6) is -0.248. The predicted octanol–water partition coefficient (Wildman–Crippen LogP) is 2.24. The molecule has 3 amide bonds. The number of fused-ring (bicyclic) bond motifs is 1. The largest absolute Gasteiger partial charge is 0.497 e. The van der Waals surface area contributed by atoms with Gasteiger partial charge in [0.05, 0.1) is 31.0 Å². The maximum Gasteiger partial charge on any atom is 0.261 e. The molecule has 0 fully saturated rings. The Balaban J connectivity index is 1.80. The topological polar surface area (TPSA) is 93.7 Å². The van der Waals surface area contributed by atoms with Gasteiger partial charge in [0.1, 0.15) is 11.5 Å². The maximum atomic E-state index is 12.2. The Morgan fingerprint density at radius 1 is 1.08 bits per heavy atom. The molecule has 26 heavy (non-hydrogen) atoms. The van der Waals surface area contributed by atoms with Crippen molar-refractivity contribution in [1.82, 2.24) is 5.32 Å². The third kappa shape index (κ3) is 3.27. The van der Waals surface area contributed by atoms with Gasteiger partial charge in [-0.05, 0) is 30.3 Å². The van der Waals surface area contributed by atoms with E-state index in [1.807, 2.05) is 0 Å². The quantitative estimate of drug-likeness (QED) is 0.636. The summed E-state index contributed by atoms with van der Waals surface area (Å²) in [5.41, 5.74) is 1.38. The first-order valence-electron chi connectivity index (χ1n) is 7.73. The lowest BCUT2D eigenvalue weighted by Crippen LogP contribution is -2.20. The highest BCUT2D eigenvalue weighted by Gasteiger charge is 2.29. The van der Waals surface area contributed by atoms with E-state index < -0.39 is 17.7 Å². The maximum absolute atomic E-state index is 12.2.